The Morgan fingerprint density at radius 3 is 2.25 bits per heavy atom. The average molecular weight is 233 g/mol. The van der Waals surface area contributed by atoms with Gasteiger partial charge in [-0.2, -0.15) is 0 Å². The van der Waals surface area contributed by atoms with E-state index in [-0.39, 0.29) is 0 Å². The molecule has 0 N–H and O–H groups in total. The second kappa shape index (κ2) is 11.2. The van der Waals surface area contributed by atoms with E-state index in [9.17, 15) is 0 Å². The van der Waals surface area contributed by atoms with E-state index in [1.165, 1.54) is 50.3 Å². The van der Waals surface area contributed by atoms with Gasteiger partial charge in [-0.05, 0) is 25.7 Å². The van der Waals surface area contributed by atoms with Gasteiger partial charge in [-0.15, -0.1) is 0 Å². The lowest BCUT2D eigenvalue weighted by Gasteiger charge is -1.96. The molecule has 0 atom stereocenters. The third kappa shape index (κ3) is 10.2. The fraction of sp³-hybridized carbons (Fsp3) is 0.818. The highest BCUT2D eigenvalue weighted by Crippen LogP contribution is 2.06. The molecule has 72 valence electrons. The highest BCUT2D eigenvalue weighted by Gasteiger charge is 1.87. The summed E-state index contributed by atoms with van der Waals surface area (Å²) in [5.41, 5.74) is 0. The zero-order chi connectivity index (χ0) is 9.07. The smallest absolute Gasteiger partial charge is 0.00313 e. The van der Waals surface area contributed by atoms with Gasteiger partial charge in [-0.25, -0.2) is 0 Å². The molecule has 0 bridgehead atoms. The normalized spacial score (nSPS) is 11.2. The van der Waals surface area contributed by atoms with Crippen LogP contribution in [-0.4, -0.2) is 5.33 Å². The van der Waals surface area contributed by atoms with Crippen molar-refractivity contribution in [2.45, 2.75) is 51.9 Å². The molecule has 0 heterocycles. The zero-order valence-electron chi connectivity index (χ0n) is 8.19. The molecule has 0 aromatic heterocycles. The SMILES string of the molecule is CC/C=C\CCCCCCCBr. The molecule has 0 nitrogen and oxygen atoms in total. The summed E-state index contributed by atoms with van der Waals surface area (Å²) in [5, 5.41) is 1.17. The van der Waals surface area contributed by atoms with Crippen LogP contribution in [0.2, 0.25) is 0 Å². The van der Waals surface area contributed by atoms with Crippen LogP contribution in [0.4, 0.5) is 0 Å². The number of unbranched alkanes of at least 4 members (excludes halogenated alkanes) is 5. The molecule has 0 aliphatic carbocycles. The van der Waals surface area contributed by atoms with Crippen LogP contribution >= 0.6 is 15.9 Å². The summed E-state index contributed by atoms with van der Waals surface area (Å²) < 4.78 is 0. The third-order valence-corrected chi connectivity index (χ3v) is 2.47. The van der Waals surface area contributed by atoms with Crippen molar-refractivity contribution in [3.63, 3.8) is 0 Å². The molecule has 12 heavy (non-hydrogen) atoms. The van der Waals surface area contributed by atoms with Crippen LogP contribution in [0.5, 0.6) is 0 Å². The van der Waals surface area contributed by atoms with Gasteiger partial charge in [-0.1, -0.05) is 54.3 Å². The predicted octanol–water partition coefficient (Wildman–Crippen LogP) is 4.69. The lowest BCUT2D eigenvalue weighted by molar-refractivity contribution is 0.640. The molecule has 0 fully saturated rings. The highest BCUT2D eigenvalue weighted by atomic mass is 79.9. The Hall–Kier alpha value is 0.220. The van der Waals surface area contributed by atoms with Crippen molar-refractivity contribution in [1.82, 2.24) is 0 Å². The van der Waals surface area contributed by atoms with Crippen molar-refractivity contribution in [3.8, 4) is 0 Å². The molecule has 0 amide bonds. The highest BCUT2D eigenvalue weighted by molar-refractivity contribution is 9.09. The Kier molecular flexibility index (Phi) is 11.4. The van der Waals surface area contributed by atoms with Crippen molar-refractivity contribution in [2.75, 3.05) is 5.33 Å². The van der Waals surface area contributed by atoms with Gasteiger partial charge in [0.2, 0.25) is 0 Å². The largest absolute Gasteiger partial charge is 0.0928 e. The maximum Gasteiger partial charge on any atom is 0.00313 e. The summed E-state index contributed by atoms with van der Waals surface area (Å²) in [4.78, 5) is 0. The van der Waals surface area contributed by atoms with Gasteiger partial charge in [-0.3, -0.25) is 0 Å². The summed E-state index contributed by atoms with van der Waals surface area (Å²) in [6.45, 7) is 2.19. The van der Waals surface area contributed by atoms with Crippen LogP contribution in [0.15, 0.2) is 12.2 Å². The third-order valence-electron chi connectivity index (χ3n) is 1.91. The molecule has 0 aromatic carbocycles. The van der Waals surface area contributed by atoms with Gasteiger partial charge < -0.3 is 0 Å². The fourth-order valence-corrected chi connectivity index (χ4v) is 1.57. The first-order valence-corrected chi connectivity index (χ1v) is 6.25. The van der Waals surface area contributed by atoms with Crippen molar-refractivity contribution < 1.29 is 0 Å². The van der Waals surface area contributed by atoms with Crippen LogP contribution in [0.25, 0.3) is 0 Å². The molecular weight excluding hydrogens is 212 g/mol. The molecule has 0 saturated carbocycles. The van der Waals surface area contributed by atoms with E-state index in [2.05, 4.69) is 35.0 Å². The molecule has 0 aromatic rings. The average Bonchev–Trinajstić information content (AvgIpc) is 2.10. The minimum Gasteiger partial charge on any atom is -0.0928 e. The Bertz CT molecular complexity index is 97.2. The van der Waals surface area contributed by atoms with Crippen LogP contribution in [-0.2, 0) is 0 Å². The molecule has 0 rings (SSSR count). The van der Waals surface area contributed by atoms with Crippen LogP contribution in [0.1, 0.15) is 51.9 Å². The standard InChI is InChI=1S/C11H21Br/c1-2-3-4-5-6-7-8-9-10-11-12/h3-4H,2,5-11H2,1H3/b4-3-. The monoisotopic (exact) mass is 232 g/mol. The summed E-state index contributed by atoms with van der Waals surface area (Å²) in [5.74, 6) is 0. The van der Waals surface area contributed by atoms with E-state index in [0.717, 1.165) is 0 Å². The van der Waals surface area contributed by atoms with Crippen molar-refractivity contribution in [3.05, 3.63) is 12.2 Å². The van der Waals surface area contributed by atoms with E-state index in [1.54, 1.807) is 0 Å². The van der Waals surface area contributed by atoms with Crippen molar-refractivity contribution >= 4 is 15.9 Å². The second-order valence-corrected chi connectivity index (χ2v) is 3.92. The number of hydrogen-bond donors (Lipinski definition) is 0. The summed E-state index contributed by atoms with van der Waals surface area (Å²) in [6, 6.07) is 0. The molecule has 0 aliphatic rings. The summed E-state index contributed by atoms with van der Waals surface area (Å²) in [7, 11) is 0. The first-order valence-electron chi connectivity index (χ1n) is 5.12. The molecule has 1 heteroatoms. The quantitative estimate of drug-likeness (QED) is 0.324. The van der Waals surface area contributed by atoms with Gasteiger partial charge in [0.1, 0.15) is 0 Å². The molecule has 0 spiro atoms. The molecule has 0 aliphatic heterocycles. The first-order chi connectivity index (χ1) is 5.91. The van der Waals surface area contributed by atoms with Crippen LogP contribution in [0.3, 0.4) is 0 Å². The maximum atomic E-state index is 3.44. The molecule has 0 radical (unpaired) electrons. The fourth-order valence-electron chi connectivity index (χ4n) is 1.17. The molecule has 0 unspecified atom stereocenters. The molecular formula is C11H21Br. The number of rotatable bonds is 8. The lowest BCUT2D eigenvalue weighted by atomic mass is 10.1. The Morgan fingerprint density at radius 2 is 1.58 bits per heavy atom. The van der Waals surface area contributed by atoms with E-state index in [4.69, 9.17) is 0 Å². The Labute approximate surface area is 85.6 Å². The van der Waals surface area contributed by atoms with Crippen LogP contribution < -0.4 is 0 Å². The Balaban J connectivity index is 2.86. The summed E-state index contributed by atoms with van der Waals surface area (Å²) >= 11 is 3.44. The number of halogens is 1. The van der Waals surface area contributed by atoms with Gasteiger partial charge in [0.25, 0.3) is 0 Å². The summed E-state index contributed by atoms with van der Waals surface area (Å²) in [6.07, 6.45) is 14.0. The topological polar surface area (TPSA) is 0 Å². The van der Waals surface area contributed by atoms with Gasteiger partial charge in [0.15, 0.2) is 0 Å². The minimum absolute atomic E-state index is 1.17. The number of hydrogen-bond acceptors (Lipinski definition) is 0. The van der Waals surface area contributed by atoms with Gasteiger partial charge in [0, 0.05) is 5.33 Å². The number of allylic oxidation sites excluding steroid dienone is 2. The van der Waals surface area contributed by atoms with E-state index < -0.39 is 0 Å². The number of alkyl halides is 1. The van der Waals surface area contributed by atoms with Crippen LogP contribution in [0, 0.1) is 0 Å². The first kappa shape index (κ1) is 12.2. The Morgan fingerprint density at radius 1 is 0.917 bits per heavy atom. The van der Waals surface area contributed by atoms with E-state index in [0.29, 0.717) is 0 Å². The van der Waals surface area contributed by atoms with E-state index >= 15 is 0 Å². The zero-order valence-corrected chi connectivity index (χ0v) is 9.78. The van der Waals surface area contributed by atoms with Crippen molar-refractivity contribution in [1.29, 1.82) is 0 Å². The lowest BCUT2D eigenvalue weighted by Crippen LogP contribution is -1.78. The van der Waals surface area contributed by atoms with E-state index in [1.807, 2.05) is 0 Å². The second-order valence-electron chi connectivity index (χ2n) is 3.13. The van der Waals surface area contributed by atoms with Crippen molar-refractivity contribution in [2.24, 2.45) is 0 Å². The van der Waals surface area contributed by atoms with Gasteiger partial charge >= 0.3 is 0 Å². The maximum absolute atomic E-state index is 3.44. The van der Waals surface area contributed by atoms with Gasteiger partial charge in [0.05, 0.1) is 0 Å². The predicted molar refractivity (Wildman–Crippen MR) is 60.9 cm³/mol. The molecule has 0 saturated heterocycles. The minimum atomic E-state index is 1.17.